The van der Waals surface area contributed by atoms with Gasteiger partial charge in [0, 0.05) is 23.9 Å². The quantitative estimate of drug-likeness (QED) is 0.534. The maximum atomic E-state index is 4.61. The Kier molecular flexibility index (Phi) is 4.40. The summed E-state index contributed by atoms with van der Waals surface area (Å²) in [5, 5.41) is 14.1. The van der Waals surface area contributed by atoms with Gasteiger partial charge in [0.1, 0.15) is 0 Å². The molecule has 134 valence electrons. The number of H-pyrrole nitrogens is 1. The molecular weight excluding hydrogens is 392 g/mol. The third-order valence-corrected chi connectivity index (χ3v) is 5.11. The molecule has 2 aromatic heterocycles. The van der Waals surface area contributed by atoms with E-state index in [9.17, 15) is 0 Å². The highest BCUT2D eigenvalue weighted by Crippen LogP contribution is 2.39. The van der Waals surface area contributed by atoms with Gasteiger partial charge >= 0.3 is 0 Å². The lowest BCUT2D eigenvalue weighted by Gasteiger charge is -2.27. The summed E-state index contributed by atoms with van der Waals surface area (Å²) in [5.74, 6) is 2.64. The molecule has 1 fully saturated rings. The topological polar surface area (TPSA) is 78.5 Å². The Labute approximate surface area is 161 Å². The Morgan fingerprint density at radius 2 is 1.96 bits per heavy atom. The molecule has 7 heteroatoms. The van der Waals surface area contributed by atoms with Crippen LogP contribution in [0.25, 0.3) is 0 Å². The van der Waals surface area contributed by atoms with E-state index in [2.05, 4.69) is 72.7 Å². The molecule has 0 amide bonds. The number of anilines is 3. The summed E-state index contributed by atoms with van der Waals surface area (Å²) in [4.78, 5) is 9.01. The molecule has 6 nitrogen and oxygen atoms in total. The van der Waals surface area contributed by atoms with Gasteiger partial charge in [0.2, 0.25) is 5.95 Å². The molecule has 0 bridgehead atoms. The van der Waals surface area contributed by atoms with Crippen molar-refractivity contribution in [3.63, 3.8) is 0 Å². The molecule has 0 aliphatic heterocycles. The monoisotopic (exact) mass is 412 g/mol. The van der Waals surface area contributed by atoms with Gasteiger partial charge < -0.3 is 10.6 Å². The third kappa shape index (κ3) is 3.72. The second-order valence-corrected chi connectivity index (χ2v) is 7.97. The van der Waals surface area contributed by atoms with Crippen LogP contribution in [0.1, 0.15) is 43.9 Å². The fraction of sp³-hybridized carbons (Fsp3) is 0.316. The second-order valence-electron chi connectivity index (χ2n) is 7.11. The zero-order chi connectivity index (χ0) is 18.1. The zero-order valence-electron chi connectivity index (χ0n) is 14.8. The molecule has 26 heavy (non-hydrogen) atoms. The summed E-state index contributed by atoms with van der Waals surface area (Å²) in [6.45, 7) is 4.22. The first-order chi connectivity index (χ1) is 12.5. The predicted octanol–water partition coefficient (Wildman–Crippen LogP) is 4.93. The van der Waals surface area contributed by atoms with E-state index in [4.69, 9.17) is 0 Å². The van der Waals surface area contributed by atoms with Gasteiger partial charge in [0.15, 0.2) is 11.6 Å². The van der Waals surface area contributed by atoms with Crippen LogP contribution in [-0.4, -0.2) is 20.2 Å². The van der Waals surface area contributed by atoms with Crippen molar-refractivity contribution < 1.29 is 0 Å². The van der Waals surface area contributed by atoms with Crippen molar-refractivity contribution in [1.29, 1.82) is 0 Å². The highest BCUT2D eigenvalue weighted by molar-refractivity contribution is 9.10. The molecule has 0 unspecified atom stereocenters. The van der Waals surface area contributed by atoms with Crippen LogP contribution in [0.4, 0.5) is 17.6 Å². The van der Waals surface area contributed by atoms with E-state index in [0.29, 0.717) is 17.7 Å². The molecule has 3 N–H and O–H groups in total. The van der Waals surface area contributed by atoms with Crippen molar-refractivity contribution in [2.75, 3.05) is 10.6 Å². The highest BCUT2D eigenvalue weighted by Gasteiger charge is 2.26. The van der Waals surface area contributed by atoms with Crippen LogP contribution in [0.3, 0.4) is 0 Å². The molecule has 0 saturated heterocycles. The van der Waals surface area contributed by atoms with E-state index in [0.717, 1.165) is 10.3 Å². The van der Waals surface area contributed by atoms with Crippen LogP contribution in [0.2, 0.25) is 0 Å². The number of halogens is 1. The fourth-order valence-electron chi connectivity index (χ4n) is 2.85. The number of nitrogens with one attached hydrogen (secondary N) is 3. The van der Waals surface area contributed by atoms with Gasteiger partial charge in [-0.1, -0.05) is 30.3 Å². The normalized spacial score (nSPS) is 14.3. The lowest BCUT2D eigenvalue weighted by molar-refractivity contribution is 0.602. The van der Waals surface area contributed by atoms with Crippen molar-refractivity contribution in [2.45, 2.75) is 38.1 Å². The van der Waals surface area contributed by atoms with Gasteiger partial charge in [-0.3, -0.25) is 5.10 Å². The average molecular weight is 413 g/mol. The van der Waals surface area contributed by atoms with Crippen molar-refractivity contribution in [1.82, 2.24) is 20.2 Å². The van der Waals surface area contributed by atoms with Crippen LogP contribution < -0.4 is 10.6 Å². The Balaban J connectivity index is 1.53. The molecule has 1 aromatic carbocycles. The first kappa shape index (κ1) is 17.0. The molecule has 2 heterocycles. The van der Waals surface area contributed by atoms with Crippen LogP contribution in [0.5, 0.6) is 0 Å². The first-order valence-corrected chi connectivity index (χ1v) is 9.49. The number of nitrogens with zero attached hydrogens (tertiary/aromatic N) is 3. The molecule has 0 atom stereocenters. The van der Waals surface area contributed by atoms with E-state index in [1.54, 1.807) is 6.20 Å². The van der Waals surface area contributed by atoms with Crippen LogP contribution in [0, 0.1) is 0 Å². The molecule has 4 rings (SSSR count). The van der Waals surface area contributed by atoms with E-state index in [1.807, 2.05) is 24.3 Å². The van der Waals surface area contributed by atoms with Gasteiger partial charge in [-0.2, -0.15) is 10.1 Å². The van der Waals surface area contributed by atoms with Crippen molar-refractivity contribution in [3.05, 3.63) is 58.3 Å². The number of hydrogen-bond donors (Lipinski definition) is 3. The van der Waals surface area contributed by atoms with Crippen LogP contribution >= 0.6 is 15.9 Å². The summed E-state index contributed by atoms with van der Waals surface area (Å²) < 4.78 is 0.788. The van der Waals surface area contributed by atoms with Gasteiger partial charge in [0.25, 0.3) is 0 Å². The zero-order valence-corrected chi connectivity index (χ0v) is 16.3. The van der Waals surface area contributed by atoms with E-state index < -0.39 is 0 Å². The maximum absolute atomic E-state index is 4.61. The maximum Gasteiger partial charge on any atom is 0.225 e. The Hall–Kier alpha value is -2.41. The Morgan fingerprint density at radius 3 is 2.69 bits per heavy atom. The molecule has 1 aliphatic carbocycles. The minimum absolute atomic E-state index is 0.294. The number of hydrogen-bond acceptors (Lipinski definition) is 5. The Bertz CT molecular complexity index is 901. The standard InChI is InChI=1S/C19H21BrN6/c1-19(2,13-6-4-3-5-7-13)24-18-21-11-14(20)17(23-18)22-16-10-15(25-26-16)12-8-9-12/h3-7,10-12H,8-9H2,1-2H3,(H3,21,22,23,24,25,26). The number of aromatic nitrogens is 4. The van der Waals surface area contributed by atoms with Gasteiger partial charge in [-0.25, -0.2) is 4.98 Å². The van der Waals surface area contributed by atoms with E-state index >= 15 is 0 Å². The molecule has 0 spiro atoms. The van der Waals surface area contributed by atoms with E-state index in [-0.39, 0.29) is 5.54 Å². The highest BCUT2D eigenvalue weighted by atomic mass is 79.9. The molecular formula is C19H21BrN6. The third-order valence-electron chi connectivity index (χ3n) is 4.53. The number of aromatic amines is 1. The van der Waals surface area contributed by atoms with Crippen LogP contribution in [0.15, 0.2) is 47.1 Å². The average Bonchev–Trinajstić information content (AvgIpc) is 3.38. The molecule has 0 radical (unpaired) electrons. The summed E-state index contributed by atoms with van der Waals surface area (Å²) in [6.07, 6.45) is 4.22. The molecule has 1 aliphatic rings. The van der Waals surface area contributed by atoms with Crippen LogP contribution in [-0.2, 0) is 5.54 Å². The SMILES string of the molecule is CC(C)(Nc1ncc(Br)c(Nc2cc(C3CC3)[nH]n2)n1)c1ccccc1. The van der Waals surface area contributed by atoms with Gasteiger partial charge in [0.05, 0.1) is 10.0 Å². The summed E-state index contributed by atoms with van der Waals surface area (Å²) in [6, 6.07) is 12.3. The molecule has 3 aromatic rings. The van der Waals surface area contributed by atoms with Gasteiger partial charge in [-0.05, 0) is 48.2 Å². The largest absolute Gasteiger partial charge is 0.345 e. The predicted molar refractivity (Wildman–Crippen MR) is 107 cm³/mol. The number of benzene rings is 1. The minimum atomic E-state index is -0.294. The lowest BCUT2D eigenvalue weighted by Crippen LogP contribution is -2.29. The number of rotatable bonds is 6. The lowest BCUT2D eigenvalue weighted by atomic mass is 9.95. The Morgan fingerprint density at radius 1 is 1.19 bits per heavy atom. The summed E-state index contributed by atoms with van der Waals surface area (Å²) >= 11 is 3.51. The van der Waals surface area contributed by atoms with Crippen molar-refractivity contribution in [3.8, 4) is 0 Å². The smallest absolute Gasteiger partial charge is 0.225 e. The van der Waals surface area contributed by atoms with Crippen molar-refractivity contribution >= 4 is 33.5 Å². The second kappa shape index (κ2) is 6.72. The van der Waals surface area contributed by atoms with E-state index in [1.165, 1.54) is 24.1 Å². The molecule has 1 saturated carbocycles. The first-order valence-electron chi connectivity index (χ1n) is 8.70. The minimum Gasteiger partial charge on any atom is -0.345 e. The summed E-state index contributed by atoms with van der Waals surface area (Å²) in [5.41, 5.74) is 2.06. The van der Waals surface area contributed by atoms with Gasteiger partial charge in [-0.15, -0.1) is 0 Å². The van der Waals surface area contributed by atoms with Crippen molar-refractivity contribution in [2.24, 2.45) is 0 Å². The fourth-order valence-corrected chi connectivity index (χ4v) is 3.14. The summed E-state index contributed by atoms with van der Waals surface area (Å²) in [7, 11) is 0.